The van der Waals surface area contributed by atoms with Crippen molar-refractivity contribution in [1.82, 2.24) is 0 Å². The molecule has 0 saturated heterocycles. The topological polar surface area (TPSA) is 20.2 Å². The third kappa shape index (κ3) is 2.84. The quantitative estimate of drug-likeness (QED) is 0.665. The molecule has 0 aliphatic carbocycles. The normalized spacial score (nSPS) is 12.6. The molecule has 3 rings (SSSR count). The first-order valence-corrected chi connectivity index (χ1v) is 7.77. The van der Waals surface area contributed by atoms with Crippen LogP contribution in [-0.2, 0) is 5.60 Å². The van der Waals surface area contributed by atoms with Crippen molar-refractivity contribution >= 4 is 0 Å². The van der Waals surface area contributed by atoms with Gasteiger partial charge in [-0.1, -0.05) is 97.1 Å². The number of rotatable bonds is 5. The molecule has 0 fully saturated rings. The Labute approximate surface area is 137 Å². The minimum Gasteiger partial charge on any atom is -0.379 e. The van der Waals surface area contributed by atoms with E-state index in [1.165, 1.54) is 0 Å². The second-order valence-electron chi connectivity index (χ2n) is 5.62. The van der Waals surface area contributed by atoms with Gasteiger partial charge < -0.3 is 5.11 Å². The summed E-state index contributed by atoms with van der Waals surface area (Å²) in [7, 11) is 0. The Morgan fingerprint density at radius 3 is 1.48 bits per heavy atom. The van der Waals surface area contributed by atoms with Gasteiger partial charge >= 0.3 is 0 Å². The van der Waals surface area contributed by atoms with Crippen molar-refractivity contribution in [2.75, 3.05) is 0 Å². The number of aliphatic hydroxyl groups is 1. The smallest absolute Gasteiger partial charge is 0.125 e. The second kappa shape index (κ2) is 6.64. The average Bonchev–Trinajstić information content (AvgIpc) is 2.64. The van der Waals surface area contributed by atoms with E-state index in [4.69, 9.17) is 0 Å². The average molecular weight is 300 g/mol. The standard InChI is InChI=1S/C22H20O/c1-2-21(18-12-6-3-7-13-18)22(23,19-14-8-4-9-15-19)20-16-10-5-11-17-20/h2-17,21,23H,1H2. The van der Waals surface area contributed by atoms with Gasteiger partial charge in [0, 0.05) is 5.92 Å². The monoisotopic (exact) mass is 300 g/mol. The van der Waals surface area contributed by atoms with Crippen molar-refractivity contribution in [1.29, 1.82) is 0 Å². The highest BCUT2D eigenvalue weighted by Crippen LogP contribution is 2.43. The Balaban J connectivity index is 2.22. The third-order valence-electron chi connectivity index (χ3n) is 4.27. The largest absolute Gasteiger partial charge is 0.379 e. The van der Waals surface area contributed by atoms with E-state index in [1.54, 1.807) is 0 Å². The fourth-order valence-electron chi connectivity index (χ4n) is 3.12. The number of hydrogen-bond donors (Lipinski definition) is 1. The van der Waals surface area contributed by atoms with Gasteiger partial charge in [-0.25, -0.2) is 0 Å². The predicted octanol–water partition coefficient (Wildman–Crippen LogP) is 4.89. The lowest BCUT2D eigenvalue weighted by Crippen LogP contribution is -2.34. The molecule has 0 aromatic heterocycles. The summed E-state index contributed by atoms with van der Waals surface area (Å²) in [6, 6.07) is 29.6. The molecule has 0 aliphatic rings. The predicted molar refractivity (Wildman–Crippen MR) is 95.3 cm³/mol. The highest BCUT2D eigenvalue weighted by Gasteiger charge is 2.39. The molecule has 1 atom stereocenters. The zero-order chi connectivity index (χ0) is 16.1. The zero-order valence-corrected chi connectivity index (χ0v) is 13.0. The van der Waals surface area contributed by atoms with Gasteiger partial charge in [0.25, 0.3) is 0 Å². The van der Waals surface area contributed by atoms with Gasteiger partial charge in [-0.2, -0.15) is 0 Å². The fraction of sp³-hybridized carbons (Fsp3) is 0.0909. The lowest BCUT2D eigenvalue weighted by molar-refractivity contribution is 0.0650. The summed E-state index contributed by atoms with van der Waals surface area (Å²) in [5.74, 6) is -0.242. The van der Waals surface area contributed by atoms with E-state index in [9.17, 15) is 5.11 Å². The van der Waals surface area contributed by atoms with Crippen LogP contribution >= 0.6 is 0 Å². The van der Waals surface area contributed by atoms with Gasteiger partial charge in [-0.3, -0.25) is 0 Å². The van der Waals surface area contributed by atoms with Crippen LogP contribution in [0.1, 0.15) is 22.6 Å². The molecule has 23 heavy (non-hydrogen) atoms. The molecule has 1 N–H and O–H groups in total. The maximum absolute atomic E-state index is 11.8. The van der Waals surface area contributed by atoms with Gasteiger partial charge in [-0.15, -0.1) is 6.58 Å². The van der Waals surface area contributed by atoms with Crippen LogP contribution in [0.3, 0.4) is 0 Å². The van der Waals surface area contributed by atoms with E-state index in [1.807, 2.05) is 97.1 Å². The lowest BCUT2D eigenvalue weighted by Gasteiger charge is -2.36. The molecular formula is C22H20O. The first kappa shape index (κ1) is 15.3. The summed E-state index contributed by atoms with van der Waals surface area (Å²) >= 11 is 0. The van der Waals surface area contributed by atoms with Crippen LogP contribution in [-0.4, -0.2) is 5.11 Å². The lowest BCUT2D eigenvalue weighted by atomic mass is 9.73. The molecule has 0 heterocycles. The molecule has 0 bridgehead atoms. The maximum atomic E-state index is 11.8. The van der Waals surface area contributed by atoms with Crippen molar-refractivity contribution in [2.45, 2.75) is 11.5 Å². The second-order valence-corrected chi connectivity index (χ2v) is 5.62. The summed E-state index contributed by atoms with van der Waals surface area (Å²) in [6.45, 7) is 3.99. The Kier molecular flexibility index (Phi) is 4.40. The van der Waals surface area contributed by atoms with Gasteiger partial charge in [-0.05, 0) is 16.7 Å². The van der Waals surface area contributed by atoms with Gasteiger partial charge in [0.2, 0.25) is 0 Å². The van der Waals surface area contributed by atoms with Crippen molar-refractivity contribution in [2.24, 2.45) is 0 Å². The van der Waals surface area contributed by atoms with E-state index < -0.39 is 5.60 Å². The number of hydrogen-bond acceptors (Lipinski definition) is 1. The minimum atomic E-state index is -1.16. The van der Waals surface area contributed by atoms with E-state index >= 15 is 0 Å². The maximum Gasteiger partial charge on any atom is 0.125 e. The van der Waals surface area contributed by atoms with Gasteiger partial charge in [0.15, 0.2) is 0 Å². The molecular weight excluding hydrogens is 280 g/mol. The van der Waals surface area contributed by atoms with Crippen LogP contribution in [0, 0.1) is 0 Å². The fourth-order valence-corrected chi connectivity index (χ4v) is 3.12. The first-order valence-electron chi connectivity index (χ1n) is 7.77. The van der Waals surface area contributed by atoms with Crippen molar-refractivity contribution < 1.29 is 5.11 Å². The van der Waals surface area contributed by atoms with Crippen molar-refractivity contribution in [3.8, 4) is 0 Å². The van der Waals surface area contributed by atoms with Crippen LogP contribution in [0.2, 0.25) is 0 Å². The van der Waals surface area contributed by atoms with Crippen LogP contribution in [0.5, 0.6) is 0 Å². The Morgan fingerprint density at radius 2 is 1.09 bits per heavy atom. The van der Waals surface area contributed by atoms with Gasteiger partial charge in [0.05, 0.1) is 0 Å². The summed E-state index contributed by atoms with van der Waals surface area (Å²) in [5, 5.41) is 11.8. The summed E-state index contributed by atoms with van der Waals surface area (Å²) in [4.78, 5) is 0. The number of benzene rings is 3. The van der Waals surface area contributed by atoms with Crippen molar-refractivity contribution in [3.05, 3.63) is 120 Å². The molecule has 3 aromatic carbocycles. The summed E-state index contributed by atoms with van der Waals surface area (Å²) < 4.78 is 0. The van der Waals surface area contributed by atoms with Crippen LogP contribution in [0.25, 0.3) is 0 Å². The molecule has 0 spiro atoms. The van der Waals surface area contributed by atoms with Crippen LogP contribution in [0.4, 0.5) is 0 Å². The van der Waals surface area contributed by atoms with Crippen molar-refractivity contribution in [3.63, 3.8) is 0 Å². The minimum absolute atomic E-state index is 0.242. The molecule has 1 nitrogen and oxygen atoms in total. The van der Waals surface area contributed by atoms with E-state index in [-0.39, 0.29) is 5.92 Å². The first-order chi connectivity index (χ1) is 11.3. The Hall–Kier alpha value is -2.64. The van der Waals surface area contributed by atoms with E-state index in [0.717, 1.165) is 16.7 Å². The molecule has 0 aliphatic heterocycles. The zero-order valence-electron chi connectivity index (χ0n) is 13.0. The molecule has 1 unspecified atom stereocenters. The molecule has 0 radical (unpaired) electrons. The molecule has 0 amide bonds. The Bertz CT molecular complexity index is 708. The van der Waals surface area contributed by atoms with Gasteiger partial charge in [0.1, 0.15) is 5.60 Å². The molecule has 3 aromatic rings. The molecule has 1 heteroatoms. The highest BCUT2D eigenvalue weighted by molar-refractivity contribution is 5.43. The van der Waals surface area contributed by atoms with E-state index in [0.29, 0.717) is 0 Å². The van der Waals surface area contributed by atoms with Crippen LogP contribution < -0.4 is 0 Å². The summed E-state index contributed by atoms with van der Waals surface area (Å²) in [5.41, 5.74) is 1.60. The SMILES string of the molecule is C=CC(c1ccccc1)C(O)(c1ccccc1)c1ccccc1. The van der Waals surface area contributed by atoms with E-state index in [2.05, 4.69) is 6.58 Å². The molecule has 0 saturated carbocycles. The third-order valence-corrected chi connectivity index (χ3v) is 4.27. The molecule has 114 valence electrons. The summed E-state index contributed by atoms with van der Waals surface area (Å²) in [6.07, 6.45) is 1.83. The Morgan fingerprint density at radius 1 is 0.696 bits per heavy atom. The highest BCUT2D eigenvalue weighted by atomic mass is 16.3. The van der Waals surface area contributed by atoms with Crippen LogP contribution in [0.15, 0.2) is 104 Å².